The molecule has 0 aliphatic heterocycles. The maximum absolute atomic E-state index is 12.1. The number of nitrogens with one attached hydrogen (secondary N) is 1. The summed E-state index contributed by atoms with van der Waals surface area (Å²) in [6.07, 6.45) is 0.914. The van der Waals surface area contributed by atoms with Gasteiger partial charge in [-0.05, 0) is 38.6 Å². The molecular weight excluding hydrogens is 240 g/mol. The first-order valence-corrected chi connectivity index (χ1v) is 6.63. The molecule has 1 aromatic carbocycles. The van der Waals surface area contributed by atoms with Gasteiger partial charge in [0.1, 0.15) is 5.75 Å². The van der Waals surface area contributed by atoms with Crippen molar-refractivity contribution in [1.29, 1.82) is 0 Å². The Balaban J connectivity index is 2.73. The number of phenolic OH excluding ortho intramolecular Hbond substituents is 1. The van der Waals surface area contributed by atoms with E-state index in [9.17, 15) is 9.90 Å². The van der Waals surface area contributed by atoms with E-state index >= 15 is 0 Å². The number of hydrogen-bond acceptors (Lipinski definition) is 3. The Morgan fingerprint density at radius 3 is 2.47 bits per heavy atom. The zero-order chi connectivity index (χ0) is 14.4. The Hall–Kier alpha value is -1.55. The molecule has 0 fully saturated rings. The first-order valence-electron chi connectivity index (χ1n) is 6.63. The molecule has 1 amide bonds. The number of para-hydroxylation sites is 1. The average molecular weight is 264 g/mol. The van der Waals surface area contributed by atoms with Crippen LogP contribution in [-0.4, -0.2) is 42.6 Å². The highest BCUT2D eigenvalue weighted by atomic mass is 16.3. The van der Waals surface area contributed by atoms with Crippen LogP contribution in [0.25, 0.3) is 0 Å². The fourth-order valence-electron chi connectivity index (χ4n) is 2.12. The van der Waals surface area contributed by atoms with Gasteiger partial charge in [0.05, 0.1) is 5.56 Å². The molecule has 1 unspecified atom stereocenters. The number of benzene rings is 1. The molecule has 0 aliphatic carbocycles. The van der Waals surface area contributed by atoms with Gasteiger partial charge >= 0.3 is 0 Å². The van der Waals surface area contributed by atoms with Crippen molar-refractivity contribution in [1.82, 2.24) is 10.2 Å². The molecule has 0 saturated carbocycles. The second kappa shape index (κ2) is 7.14. The van der Waals surface area contributed by atoms with Crippen molar-refractivity contribution in [2.24, 2.45) is 5.92 Å². The summed E-state index contributed by atoms with van der Waals surface area (Å²) in [4.78, 5) is 14.2. The van der Waals surface area contributed by atoms with Crippen LogP contribution in [-0.2, 0) is 0 Å². The van der Waals surface area contributed by atoms with Crippen molar-refractivity contribution in [3.63, 3.8) is 0 Å². The van der Waals surface area contributed by atoms with Gasteiger partial charge in [0.2, 0.25) is 0 Å². The zero-order valence-corrected chi connectivity index (χ0v) is 12.2. The van der Waals surface area contributed by atoms with E-state index in [0.717, 1.165) is 13.0 Å². The van der Waals surface area contributed by atoms with Crippen molar-refractivity contribution in [2.45, 2.75) is 26.3 Å². The lowest BCUT2D eigenvalue weighted by atomic mass is 10.0. The summed E-state index contributed by atoms with van der Waals surface area (Å²) >= 11 is 0. The molecule has 0 bridgehead atoms. The van der Waals surface area contributed by atoms with Crippen molar-refractivity contribution < 1.29 is 9.90 Å². The smallest absolute Gasteiger partial charge is 0.255 e. The number of nitrogens with zero attached hydrogens (tertiary/aromatic N) is 1. The largest absolute Gasteiger partial charge is 0.507 e. The van der Waals surface area contributed by atoms with Crippen LogP contribution in [0.2, 0.25) is 0 Å². The van der Waals surface area contributed by atoms with E-state index in [0.29, 0.717) is 11.5 Å². The van der Waals surface area contributed by atoms with E-state index < -0.39 is 0 Å². The summed E-state index contributed by atoms with van der Waals surface area (Å²) in [5.74, 6) is 0.313. The Morgan fingerprint density at radius 2 is 1.95 bits per heavy atom. The number of rotatable bonds is 6. The highest BCUT2D eigenvalue weighted by molar-refractivity contribution is 5.96. The summed E-state index contributed by atoms with van der Waals surface area (Å²) < 4.78 is 0. The van der Waals surface area contributed by atoms with Gasteiger partial charge in [-0.15, -0.1) is 0 Å². The maximum atomic E-state index is 12.1. The molecule has 0 radical (unpaired) electrons. The van der Waals surface area contributed by atoms with Crippen LogP contribution >= 0.6 is 0 Å². The molecule has 4 nitrogen and oxygen atoms in total. The Labute approximate surface area is 115 Å². The van der Waals surface area contributed by atoms with Crippen molar-refractivity contribution in [3.8, 4) is 5.75 Å². The number of phenols is 1. The third kappa shape index (κ3) is 5.30. The number of carbonyl (C=O) groups excluding carboxylic acids is 1. The average Bonchev–Trinajstić information content (AvgIpc) is 2.27. The lowest BCUT2D eigenvalue weighted by Gasteiger charge is -2.24. The molecular formula is C15H24N2O2. The van der Waals surface area contributed by atoms with Crippen LogP contribution in [0.4, 0.5) is 0 Å². The lowest BCUT2D eigenvalue weighted by Crippen LogP contribution is -2.42. The molecule has 0 aliphatic rings. The number of likely N-dealkylation sites (N-methyl/N-ethyl adjacent to an activating group) is 1. The van der Waals surface area contributed by atoms with Gasteiger partial charge in [0.15, 0.2) is 0 Å². The lowest BCUT2D eigenvalue weighted by molar-refractivity contribution is 0.0922. The second-order valence-electron chi connectivity index (χ2n) is 5.58. The summed E-state index contributed by atoms with van der Waals surface area (Å²) in [5, 5.41) is 12.7. The van der Waals surface area contributed by atoms with E-state index in [1.165, 1.54) is 6.07 Å². The third-order valence-corrected chi connectivity index (χ3v) is 2.83. The summed E-state index contributed by atoms with van der Waals surface area (Å²) in [6, 6.07) is 6.70. The fourth-order valence-corrected chi connectivity index (χ4v) is 2.12. The standard InChI is InChI=1S/C15H24N2O2/c1-11(2)9-12(10-17(3)4)16-15(19)13-7-5-6-8-14(13)18/h5-8,11-12,18H,9-10H2,1-4H3,(H,16,19). The van der Waals surface area contributed by atoms with Crippen molar-refractivity contribution >= 4 is 5.91 Å². The molecule has 2 N–H and O–H groups in total. The number of carbonyl (C=O) groups is 1. The molecule has 1 atom stereocenters. The summed E-state index contributed by atoms with van der Waals surface area (Å²) in [5.41, 5.74) is 0.329. The normalized spacial score (nSPS) is 12.7. The van der Waals surface area contributed by atoms with Gasteiger partial charge in [-0.2, -0.15) is 0 Å². The van der Waals surface area contributed by atoms with Crippen LogP contribution < -0.4 is 5.32 Å². The number of aromatic hydroxyl groups is 1. The molecule has 106 valence electrons. The minimum Gasteiger partial charge on any atom is -0.507 e. The SMILES string of the molecule is CC(C)CC(CN(C)C)NC(=O)c1ccccc1O. The molecule has 0 spiro atoms. The van der Waals surface area contributed by atoms with Crippen LogP contribution in [0, 0.1) is 5.92 Å². The van der Waals surface area contributed by atoms with E-state index in [1.54, 1.807) is 18.2 Å². The van der Waals surface area contributed by atoms with Crippen LogP contribution in [0.3, 0.4) is 0 Å². The van der Waals surface area contributed by atoms with Crippen LogP contribution in [0.1, 0.15) is 30.6 Å². The highest BCUT2D eigenvalue weighted by Gasteiger charge is 2.17. The first kappa shape index (κ1) is 15.5. The van der Waals surface area contributed by atoms with Crippen molar-refractivity contribution in [2.75, 3.05) is 20.6 Å². The molecule has 4 heteroatoms. The molecule has 19 heavy (non-hydrogen) atoms. The van der Waals surface area contributed by atoms with E-state index in [4.69, 9.17) is 0 Å². The second-order valence-corrected chi connectivity index (χ2v) is 5.58. The predicted octanol–water partition coefficient (Wildman–Crippen LogP) is 2.10. The Bertz CT molecular complexity index is 406. The summed E-state index contributed by atoms with van der Waals surface area (Å²) in [7, 11) is 3.97. The van der Waals surface area contributed by atoms with Crippen LogP contribution in [0.5, 0.6) is 5.75 Å². The quantitative estimate of drug-likeness (QED) is 0.827. The van der Waals surface area contributed by atoms with Gasteiger partial charge in [-0.25, -0.2) is 0 Å². The van der Waals surface area contributed by atoms with Crippen molar-refractivity contribution in [3.05, 3.63) is 29.8 Å². The minimum absolute atomic E-state index is 0.0214. The third-order valence-electron chi connectivity index (χ3n) is 2.83. The van der Waals surface area contributed by atoms with Crippen LogP contribution in [0.15, 0.2) is 24.3 Å². The van der Waals surface area contributed by atoms with E-state index in [1.807, 2.05) is 14.1 Å². The molecule has 0 aromatic heterocycles. The summed E-state index contributed by atoms with van der Waals surface area (Å²) in [6.45, 7) is 5.06. The first-order chi connectivity index (χ1) is 8.90. The molecule has 0 heterocycles. The molecule has 1 rings (SSSR count). The fraction of sp³-hybridized carbons (Fsp3) is 0.533. The van der Waals surface area contributed by atoms with Gasteiger partial charge in [-0.1, -0.05) is 26.0 Å². The van der Waals surface area contributed by atoms with Gasteiger partial charge < -0.3 is 15.3 Å². The zero-order valence-electron chi connectivity index (χ0n) is 12.2. The predicted molar refractivity (Wildman–Crippen MR) is 77.4 cm³/mol. The molecule has 0 saturated heterocycles. The Morgan fingerprint density at radius 1 is 1.32 bits per heavy atom. The topological polar surface area (TPSA) is 52.6 Å². The number of amides is 1. The molecule has 1 aromatic rings. The monoisotopic (exact) mass is 264 g/mol. The minimum atomic E-state index is -0.217. The van der Waals surface area contributed by atoms with E-state index in [2.05, 4.69) is 24.1 Å². The van der Waals surface area contributed by atoms with Gasteiger partial charge in [0, 0.05) is 12.6 Å². The maximum Gasteiger partial charge on any atom is 0.255 e. The highest BCUT2D eigenvalue weighted by Crippen LogP contribution is 2.16. The number of hydrogen-bond donors (Lipinski definition) is 2. The van der Waals surface area contributed by atoms with E-state index in [-0.39, 0.29) is 17.7 Å². The van der Waals surface area contributed by atoms with Gasteiger partial charge in [-0.3, -0.25) is 4.79 Å². The Kier molecular flexibility index (Phi) is 5.83. The van der Waals surface area contributed by atoms with Gasteiger partial charge in [0.25, 0.3) is 5.91 Å².